The average molecular weight is 425 g/mol. The van der Waals surface area contributed by atoms with Crippen LogP contribution in [0.5, 0.6) is 5.75 Å². The summed E-state index contributed by atoms with van der Waals surface area (Å²) >= 11 is 1.37. The minimum absolute atomic E-state index is 0.0597. The van der Waals surface area contributed by atoms with Crippen LogP contribution in [0, 0.1) is 13.8 Å². The van der Waals surface area contributed by atoms with Crippen LogP contribution in [0.2, 0.25) is 0 Å². The number of aryl methyl sites for hydroxylation is 2. The predicted octanol–water partition coefficient (Wildman–Crippen LogP) is 5.01. The molecular weight excluding hydrogens is 396 g/mol. The Bertz CT molecular complexity index is 979. The van der Waals surface area contributed by atoms with Crippen molar-refractivity contribution in [2.24, 2.45) is 7.05 Å². The van der Waals surface area contributed by atoms with E-state index < -0.39 is 0 Å². The number of aromatic nitrogens is 3. The number of amides is 1. The van der Waals surface area contributed by atoms with Crippen LogP contribution < -0.4 is 10.1 Å². The van der Waals surface area contributed by atoms with Gasteiger partial charge in [0.05, 0.1) is 12.4 Å². The highest BCUT2D eigenvalue weighted by atomic mass is 32.2. The number of unbranched alkanes of at least 4 members (excludes halogenated alkanes) is 1. The summed E-state index contributed by atoms with van der Waals surface area (Å²) in [6, 6.07) is 13.8. The molecule has 0 aliphatic rings. The topological polar surface area (TPSA) is 69.0 Å². The SMILES string of the molecule is CCCCOc1ccc(-c2nnc(SCC(=O)Nc3c(C)cccc3C)n2C)cc1. The summed E-state index contributed by atoms with van der Waals surface area (Å²) in [5, 5.41) is 12.3. The Hall–Kier alpha value is -2.80. The molecule has 0 bridgehead atoms. The summed E-state index contributed by atoms with van der Waals surface area (Å²) in [7, 11) is 1.91. The highest BCUT2D eigenvalue weighted by Gasteiger charge is 2.14. The molecule has 0 radical (unpaired) electrons. The highest BCUT2D eigenvalue weighted by molar-refractivity contribution is 7.99. The monoisotopic (exact) mass is 424 g/mol. The number of rotatable bonds is 9. The van der Waals surface area contributed by atoms with E-state index in [1.807, 2.05) is 67.9 Å². The molecule has 1 aromatic heterocycles. The standard InChI is InChI=1S/C23H28N4O2S/c1-5-6-14-29-19-12-10-18(11-13-19)22-25-26-23(27(22)4)30-15-20(28)24-21-16(2)8-7-9-17(21)3/h7-13H,5-6,14-15H2,1-4H3,(H,24,28). The van der Waals surface area contributed by atoms with Gasteiger partial charge >= 0.3 is 0 Å². The van der Waals surface area contributed by atoms with E-state index in [-0.39, 0.29) is 11.7 Å². The number of thioether (sulfide) groups is 1. The second-order valence-electron chi connectivity index (χ2n) is 7.20. The van der Waals surface area contributed by atoms with Gasteiger partial charge in [0.2, 0.25) is 5.91 Å². The molecule has 0 aliphatic heterocycles. The van der Waals surface area contributed by atoms with Crippen molar-refractivity contribution in [1.82, 2.24) is 14.8 Å². The molecular formula is C23H28N4O2S. The van der Waals surface area contributed by atoms with Crippen molar-refractivity contribution in [3.8, 4) is 17.1 Å². The smallest absolute Gasteiger partial charge is 0.234 e. The fourth-order valence-electron chi connectivity index (χ4n) is 3.04. The van der Waals surface area contributed by atoms with E-state index in [0.29, 0.717) is 5.16 Å². The molecule has 0 saturated heterocycles. The van der Waals surface area contributed by atoms with E-state index in [0.717, 1.165) is 53.4 Å². The average Bonchev–Trinajstić information content (AvgIpc) is 3.10. The predicted molar refractivity (Wildman–Crippen MR) is 122 cm³/mol. The Morgan fingerprint density at radius 1 is 1.10 bits per heavy atom. The molecule has 1 heterocycles. The van der Waals surface area contributed by atoms with E-state index in [4.69, 9.17) is 4.74 Å². The molecule has 2 aromatic carbocycles. The lowest BCUT2D eigenvalue weighted by Crippen LogP contribution is -2.16. The molecule has 7 heteroatoms. The van der Waals surface area contributed by atoms with Gasteiger partial charge in [-0.05, 0) is 55.7 Å². The Balaban J connectivity index is 1.60. The minimum atomic E-state index is -0.0597. The van der Waals surface area contributed by atoms with Crippen LogP contribution in [0.1, 0.15) is 30.9 Å². The van der Waals surface area contributed by atoms with E-state index in [1.54, 1.807) is 0 Å². The first-order valence-electron chi connectivity index (χ1n) is 10.1. The van der Waals surface area contributed by atoms with Gasteiger partial charge in [-0.3, -0.25) is 4.79 Å². The Labute approximate surface area is 182 Å². The zero-order chi connectivity index (χ0) is 21.5. The molecule has 1 N–H and O–H groups in total. The molecule has 0 aliphatic carbocycles. The van der Waals surface area contributed by atoms with Crippen LogP contribution in [0.25, 0.3) is 11.4 Å². The summed E-state index contributed by atoms with van der Waals surface area (Å²) in [6.45, 7) is 6.85. The second kappa shape index (κ2) is 10.3. The summed E-state index contributed by atoms with van der Waals surface area (Å²) < 4.78 is 7.62. The first kappa shape index (κ1) is 21.9. The maximum atomic E-state index is 12.4. The van der Waals surface area contributed by atoms with Crippen molar-refractivity contribution in [3.63, 3.8) is 0 Å². The number of hydrogen-bond donors (Lipinski definition) is 1. The van der Waals surface area contributed by atoms with E-state index in [2.05, 4.69) is 22.4 Å². The summed E-state index contributed by atoms with van der Waals surface area (Å²) in [5.74, 6) is 1.82. The van der Waals surface area contributed by atoms with Crippen LogP contribution in [0.3, 0.4) is 0 Å². The number of carbonyl (C=O) groups is 1. The van der Waals surface area contributed by atoms with Crippen LogP contribution in [-0.2, 0) is 11.8 Å². The van der Waals surface area contributed by atoms with Gasteiger partial charge in [0, 0.05) is 18.3 Å². The lowest BCUT2D eigenvalue weighted by molar-refractivity contribution is -0.113. The van der Waals surface area contributed by atoms with Gasteiger partial charge in [0.1, 0.15) is 5.75 Å². The summed E-state index contributed by atoms with van der Waals surface area (Å²) in [4.78, 5) is 12.4. The normalized spacial score (nSPS) is 10.8. The minimum Gasteiger partial charge on any atom is -0.494 e. The fourth-order valence-corrected chi connectivity index (χ4v) is 3.75. The number of carbonyl (C=O) groups excluding carboxylic acids is 1. The number of ether oxygens (including phenoxy) is 1. The molecule has 1 amide bonds. The molecule has 30 heavy (non-hydrogen) atoms. The van der Waals surface area contributed by atoms with Crippen LogP contribution in [-0.4, -0.2) is 33.0 Å². The quantitative estimate of drug-likeness (QED) is 0.386. The molecule has 0 fully saturated rings. The number of nitrogens with one attached hydrogen (secondary N) is 1. The van der Waals surface area contributed by atoms with Gasteiger partial charge < -0.3 is 14.6 Å². The zero-order valence-corrected chi connectivity index (χ0v) is 18.8. The third-order valence-electron chi connectivity index (χ3n) is 4.79. The van der Waals surface area contributed by atoms with Gasteiger partial charge in [-0.15, -0.1) is 10.2 Å². The molecule has 0 atom stereocenters. The van der Waals surface area contributed by atoms with Gasteiger partial charge in [-0.2, -0.15) is 0 Å². The molecule has 0 unspecified atom stereocenters. The fraction of sp³-hybridized carbons (Fsp3) is 0.348. The molecule has 0 spiro atoms. The Morgan fingerprint density at radius 3 is 2.47 bits per heavy atom. The van der Waals surface area contributed by atoms with E-state index in [1.165, 1.54) is 11.8 Å². The zero-order valence-electron chi connectivity index (χ0n) is 17.9. The van der Waals surface area contributed by atoms with Crippen molar-refractivity contribution in [2.75, 3.05) is 17.7 Å². The van der Waals surface area contributed by atoms with Crippen LogP contribution in [0.15, 0.2) is 47.6 Å². The summed E-state index contributed by atoms with van der Waals surface area (Å²) in [5.41, 5.74) is 3.94. The third-order valence-corrected chi connectivity index (χ3v) is 5.81. The number of anilines is 1. The Morgan fingerprint density at radius 2 is 1.80 bits per heavy atom. The summed E-state index contributed by atoms with van der Waals surface area (Å²) in [6.07, 6.45) is 2.16. The number of hydrogen-bond acceptors (Lipinski definition) is 5. The maximum Gasteiger partial charge on any atom is 0.234 e. The highest BCUT2D eigenvalue weighted by Crippen LogP contribution is 2.25. The van der Waals surface area contributed by atoms with Crippen molar-refractivity contribution in [2.45, 2.75) is 38.8 Å². The molecule has 158 valence electrons. The molecule has 6 nitrogen and oxygen atoms in total. The van der Waals surface area contributed by atoms with Gasteiger partial charge in [-0.1, -0.05) is 43.3 Å². The van der Waals surface area contributed by atoms with Crippen molar-refractivity contribution in [1.29, 1.82) is 0 Å². The first-order valence-corrected chi connectivity index (χ1v) is 11.1. The molecule has 3 aromatic rings. The van der Waals surface area contributed by atoms with Crippen molar-refractivity contribution >= 4 is 23.4 Å². The van der Waals surface area contributed by atoms with Crippen molar-refractivity contribution < 1.29 is 9.53 Å². The lowest BCUT2D eigenvalue weighted by atomic mass is 10.1. The van der Waals surface area contributed by atoms with Gasteiger partial charge in [-0.25, -0.2) is 0 Å². The number of para-hydroxylation sites is 1. The van der Waals surface area contributed by atoms with Crippen molar-refractivity contribution in [3.05, 3.63) is 53.6 Å². The largest absolute Gasteiger partial charge is 0.494 e. The maximum absolute atomic E-state index is 12.4. The van der Waals surface area contributed by atoms with Gasteiger partial charge in [0.25, 0.3) is 0 Å². The van der Waals surface area contributed by atoms with Crippen LogP contribution in [0.4, 0.5) is 5.69 Å². The van der Waals surface area contributed by atoms with E-state index >= 15 is 0 Å². The second-order valence-corrected chi connectivity index (χ2v) is 8.14. The van der Waals surface area contributed by atoms with Crippen LogP contribution >= 0.6 is 11.8 Å². The number of nitrogens with zero attached hydrogens (tertiary/aromatic N) is 3. The first-order chi connectivity index (χ1) is 14.5. The third kappa shape index (κ3) is 5.42. The molecule has 0 saturated carbocycles. The molecule has 3 rings (SSSR count). The van der Waals surface area contributed by atoms with E-state index in [9.17, 15) is 4.79 Å². The van der Waals surface area contributed by atoms with Gasteiger partial charge in [0.15, 0.2) is 11.0 Å². The number of benzene rings is 2. The lowest BCUT2D eigenvalue weighted by Gasteiger charge is -2.11. The Kier molecular flexibility index (Phi) is 7.52.